The van der Waals surface area contributed by atoms with Crippen LogP contribution < -0.4 is 9.80 Å². The average molecular weight is 905 g/mol. The normalized spacial score (nSPS) is 11.7. The minimum absolute atomic E-state index is 0.870. The van der Waals surface area contributed by atoms with Crippen LogP contribution in [0.25, 0.3) is 99.1 Å². The van der Waals surface area contributed by atoms with Gasteiger partial charge in [-0.1, -0.05) is 176 Å². The third kappa shape index (κ3) is 6.74. The van der Waals surface area contributed by atoms with Gasteiger partial charge in [0.15, 0.2) is 0 Å². The molecule has 0 saturated heterocycles. The topological polar surface area (TPSA) is 19.6 Å². The van der Waals surface area contributed by atoms with Gasteiger partial charge in [-0.05, 0) is 163 Å². The van der Waals surface area contributed by atoms with Crippen LogP contribution in [0.1, 0.15) is 0 Å². The zero-order chi connectivity index (χ0) is 46.8. The Bertz CT molecular complexity index is 4090. The minimum Gasteiger partial charge on any atom is -0.456 e. The maximum atomic E-state index is 6.52. The number of nitrogens with zero attached hydrogens (tertiary/aromatic N) is 2. The van der Waals surface area contributed by atoms with E-state index in [2.05, 4.69) is 271 Å². The van der Waals surface area contributed by atoms with Gasteiger partial charge in [0.25, 0.3) is 0 Å². The first-order valence-corrected chi connectivity index (χ1v) is 24.3. The Morgan fingerprint density at radius 1 is 0.239 bits per heavy atom. The SMILES string of the molecule is c1ccc(-c2cc3oc4ccccc4c3cc2N(c2ccccc2)c2ccc3cc4c(cc3c2)-c2c-4c(-c3ccccc3)c3ccc(N(c4ccccc4)c4ccccc4)cc3c2-c2ccccc2)cc1. The first-order chi connectivity index (χ1) is 35.2. The van der Waals surface area contributed by atoms with E-state index in [-0.39, 0.29) is 0 Å². The van der Waals surface area contributed by atoms with Crippen molar-refractivity contribution < 1.29 is 4.42 Å². The van der Waals surface area contributed by atoms with Crippen LogP contribution in [0.15, 0.2) is 271 Å². The van der Waals surface area contributed by atoms with Gasteiger partial charge in [0.1, 0.15) is 11.2 Å². The molecule has 3 heteroatoms. The summed E-state index contributed by atoms with van der Waals surface area (Å²) in [7, 11) is 0. The van der Waals surface area contributed by atoms with Crippen molar-refractivity contribution in [2.45, 2.75) is 0 Å². The molecule has 13 aromatic rings. The second-order valence-electron chi connectivity index (χ2n) is 18.4. The molecule has 1 heterocycles. The molecule has 14 rings (SSSR count). The Hall–Kier alpha value is -9.44. The van der Waals surface area contributed by atoms with Gasteiger partial charge in [0.05, 0.1) is 5.69 Å². The van der Waals surface area contributed by atoms with E-state index in [4.69, 9.17) is 4.42 Å². The number of para-hydroxylation sites is 4. The van der Waals surface area contributed by atoms with Crippen molar-refractivity contribution in [3.8, 4) is 55.6 Å². The lowest BCUT2D eigenvalue weighted by atomic mass is 9.70. The smallest absolute Gasteiger partial charge is 0.136 e. The summed E-state index contributed by atoms with van der Waals surface area (Å²) in [4.78, 5) is 4.78. The molecule has 0 aliphatic heterocycles. The van der Waals surface area contributed by atoms with E-state index in [1.807, 2.05) is 6.07 Å². The highest BCUT2D eigenvalue weighted by molar-refractivity contribution is 6.26. The Morgan fingerprint density at radius 2 is 0.718 bits per heavy atom. The molecule has 0 radical (unpaired) electrons. The quantitative estimate of drug-likeness (QED) is 0.144. The molecule has 0 saturated carbocycles. The van der Waals surface area contributed by atoms with E-state index >= 15 is 0 Å². The van der Waals surface area contributed by atoms with Gasteiger partial charge in [-0.25, -0.2) is 0 Å². The van der Waals surface area contributed by atoms with Crippen LogP contribution in [0.3, 0.4) is 0 Å². The lowest BCUT2D eigenvalue weighted by Crippen LogP contribution is -2.11. The fourth-order valence-electron chi connectivity index (χ4n) is 11.1. The van der Waals surface area contributed by atoms with Crippen molar-refractivity contribution in [3.05, 3.63) is 267 Å². The maximum Gasteiger partial charge on any atom is 0.136 e. The summed E-state index contributed by atoms with van der Waals surface area (Å²) in [6.45, 7) is 0. The highest BCUT2D eigenvalue weighted by atomic mass is 16.3. The summed E-state index contributed by atoms with van der Waals surface area (Å²) in [5.74, 6) is 0. The van der Waals surface area contributed by atoms with E-state index in [1.165, 1.54) is 66.1 Å². The van der Waals surface area contributed by atoms with Crippen molar-refractivity contribution in [2.75, 3.05) is 9.80 Å². The summed E-state index contributed by atoms with van der Waals surface area (Å²) in [6, 6.07) is 96.6. The number of rotatable bonds is 9. The van der Waals surface area contributed by atoms with Crippen molar-refractivity contribution in [1.82, 2.24) is 0 Å². The molecule has 0 amide bonds. The summed E-state index contributed by atoms with van der Waals surface area (Å²) in [6.07, 6.45) is 0. The van der Waals surface area contributed by atoms with Crippen LogP contribution in [0.2, 0.25) is 0 Å². The van der Waals surface area contributed by atoms with Gasteiger partial charge >= 0.3 is 0 Å². The van der Waals surface area contributed by atoms with E-state index in [9.17, 15) is 0 Å². The molecule has 332 valence electrons. The molecule has 0 bridgehead atoms. The first kappa shape index (κ1) is 40.6. The van der Waals surface area contributed by atoms with E-state index in [0.29, 0.717) is 0 Å². The molecule has 71 heavy (non-hydrogen) atoms. The third-order valence-corrected chi connectivity index (χ3v) is 14.3. The van der Waals surface area contributed by atoms with E-state index in [1.54, 1.807) is 0 Å². The zero-order valence-electron chi connectivity index (χ0n) is 38.7. The predicted molar refractivity (Wildman–Crippen MR) is 299 cm³/mol. The van der Waals surface area contributed by atoms with Crippen LogP contribution in [0, 0.1) is 0 Å². The molecule has 0 spiro atoms. The second-order valence-corrected chi connectivity index (χ2v) is 18.4. The number of furan rings is 1. The Kier molecular flexibility index (Phi) is 9.53. The van der Waals surface area contributed by atoms with Crippen LogP contribution >= 0.6 is 0 Å². The summed E-state index contributed by atoms with van der Waals surface area (Å²) in [5, 5.41) is 7.01. The van der Waals surface area contributed by atoms with E-state index in [0.717, 1.165) is 67.2 Å². The third-order valence-electron chi connectivity index (χ3n) is 14.3. The molecule has 1 aromatic heterocycles. The molecule has 0 N–H and O–H groups in total. The van der Waals surface area contributed by atoms with Crippen LogP contribution in [-0.2, 0) is 0 Å². The summed E-state index contributed by atoms with van der Waals surface area (Å²) >= 11 is 0. The number of benzene rings is 12. The van der Waals surface area contributed by atoms with Gasteiger partial charge in [-0.3, -0.25) is 0 Å². The average Bonchev–Trinajstić information content (AvgIpc) is 3.81. The minimum atomic E-state index is 0.870. The van der Waals surface area contributed by atoms with Gasteiger partial charge in [0.2, 0.25) is 0 Å². The Morgan fingerprint density at radius 3 is 1.32 bits per heavy atom. The number of hydrogen-bond donors (Lipinski definition) is 0. The van der Waals surface area contributed by atoms with Gasteiger partial charge < -0.3 is 14.2 Å². The van der Waals surface area contributed by atoms with Crippen molar-refractivity contribution >= 4 is 77.6 Å². The number of hydrogen-bond acceptors (Lipinski definition) is 3. The molecule has 0 unspecified atom stereocenters. The molecule has 0 fully saturated rings. The largest absolute Gasteiger partial charge is 0.456 e. The molecular weight excluding hydrogens is 861 g/mol. The van der Waals surface area contributed by atoms with E-state index < -0.39 is 0 Å². The summed E-state index contributed by atoms with van der Waals surface area (Å²) in [5.41, 5.74) is 20.6. The summed E-state index contributed by atoms with van der Waals surface area (Å²) < 4.78 is 6.52. The standard InChI is InChI=1S/C68H44N2O/c1-7-21-45(22-8-1)57-44-64-58(55-33-19-20-34-63(55)71-64)43-62(57)70(52-31-17-6-18-32-52)53-36-35-48-40-59-60(41-49(48)39-53)68-66(47-25-11-3-12-26-47)61-42-54(37-38-56(61)65(67(59)68)46-23-9-2-10-24-46)69(50-27-13-4-14-28-50)51-29-15-5-16-30-51/h1-44H. The van der Waals surface area contributed by atoms with Crippen molar-refractivity contribution in [2.24, 2.45) is 0 Å². The van der Waals surface area contributed by atoms with Gasteiger partial charge in [0, 0.05) is 44.8 Å². The molecule has 1 aliphatic rings. The molecule has 12 aromatic carbocycles. The molecule has 1 aliphatic carbocycles. The zero-order valence-corrected chi connectivity index (χ0v) is 38.7. The highest BCUT2D eigenvalue weighted by Crippen LogP contribution is 2.60. The Balaban J connectivity index is 1.01. The van der Waals surface area contributed by atoms with Crippen molar-refractivity contribution in [1.29, 1.82) is 0 Å². The highest BCUT2D eigenvalue weighted by Gasteiger charge is 2.33. The lowest BCUT2D eigenvalue weighted by molar-refractivity contribution is 0.669. The predicted octanol–water partition coefficient (Wildman–Crippen LogP) is 19.5. The first-order valence-electron chi connectivity index (χ1n) is 24.3. The fourth-order valence-corrected chi connectivity index (χ4v) is 11.1. The monoisotopic (exact) mass is 904 g/mol. The molecule has 3 nitrogen and oxygen atoms in total. The molecule has 0 atom stereocenters. The van der Waals surface area contributed by atoms with Gasteiger partial charge in [-0.2, -0.15) is 0 Å². The number of fused-ring (bicyclic) bond motifs is 9. The van der Waals surface area contributed by atoms with Gasteiger partial charge in [-0.15, -0.1) is 0 Å². The van der Waals surface area contributed by atoms with Crippen LogP contribution in [0.5, 0.6) is 0 Å². The number of anilines is 6. The van der Waals surface area contributed by atoms with Crippen LogP contribution in [-0.4, -0.2) is 0 Å². The fraction of sp³-hybridized carbons (Fsp3) is 0. The van der Waals surface area contributed by atoms with Crippen LogP contribution in [0.4, 0.5) is 34.1 Å². The lowest BCUT2D eigenvalue weighted by Gasteiger charge is -2.34. The maximum absolute atomic E-state index is 6.52. The van der Waals surface area contributed by atoms with Crippen molar-refractivity contribution in [3.63, 3.8) is 0 Å². The molecular formula is C68H44N2O. The Labute approximate surface area is 412 Å². The second kappa shape index (κ2) is 16.7.